The van der Waals surface area contributed by atoms with Crippen molar-refractivity contribution in [2.24, 2.45) is 0 Å². The van der Waals surface area contributed by atoms with Gasteiger partial charge in [-0.1, -0.05) is 36.4 Å². The number of rotatable bonds is 4. The lowest BCUT2D eigenvalue weighted by molar-refractivity contribution is 0.0636. The maximum Gasteiger partial charge on any atom is 0.412 e. The molecule has 0 saturated heterocycles. The second kappa shape index (κ2) is 8.67. The molecule has 3 heterocycles. The zero-order valence-corrected chi connectivity index (χ0v) is 20.7. The predicted octanol–water partition coefficient (Wildman–Crippen LogP) is 7.45. The molecule has 0 fully saturated rings. The van der Waals surface area contributed by atoms with E-state index in [1.807, 2.05) is 105 Å². The van der Waals surface area contributed by atoms with Gasteiger partial charge in [0.2, 0.25) is 5.95 Å². The first kappa shape index (κ1) is 22.6. The molecule has 0 unspecified atom stereocenters. The van der Waals surface area contributed by atoms with E-state index >= 15 is 0 Å². The molecule has 8 nitrogen and oxygen atoms in total. The summed E-state index contributed by atoms with van der Waals surface area (Å²) >= 11 is 0. The number of para-hydroxylation sites is 2. The van der Waals surface area contributed by atoms with Crippen LogP contribution >= 0.6 is 0 Å². The number of benzene rings is 3. The number of fused-ring (bicyclic) bond motifs is 4. The molecule has 6 aromatic rings. The molecule has 3 aromatic carbocycles. The van der Waals surface area contributed by atoms with E-state index in [-0.39, 0.29) is 0 Å². The predicted molar refractivity (Wildman–Crippen MR) is 145 cm³/mol. The highest BCUT2D eigenvalue weighted by atomic mass is 16.6. The fourth-order valence-corrected chi connectivity index (χ4v) is 4.41. The molecule has 184 valence electrons. The monoisotopic (exact) mass is 491 g/mol. The highest BCUT2D eigenvalue weighted by Gasteiger charge is 2.23. The molecule has 8 heteroatoms. The zero-order valence-electron chi connectivity index (χ0n) is 20.7. The molecule has 1 amide bonds. The first-order valence-corrected chi connectivity index (χ1v) is 12.0. The van der Waals surface area contributed by atoms with Crippen molar-refractivity contribution >= 4 is 56.6 Å². The maximum absolute atomic E-state index is 12.5. The average molecular weight is 492 g/mol. The van der Waals surface area contributed by atoms with Crippen LogP contribution in [0.1, 0.15) is 20.8 Å². The highest BCUT2D eigenvalue weighted by molar-refractivity contribution is 6.10. The third-order valence-corrected chi connectivity index (χ3v) is 5.87. The van der Waals surface area contributed by atoms with Crippen LogP contribution in [0.3, 0.4) is 0 Å². The van der Waals surface area contributed by atoms with Crippen LogP contribution in [0.4, 0.5) is 27.8 Å². The van der Waals surface area contributed by atoms with Gasteiger partial charge in [0.1, 0.15) is 11.2 Å². The van der Waals surface area contributed by atoms with Crippen LogP contribution < -0.4 is 10.2 Å². The summed E-state index contributed by atoms with van der Waals surface area (Å²) in [5, 5.41) is 9.38. The number of carbonyl (C=O) groups excluding carboxylic acids is 1. The topological polar surface area (TPSA) is 84.9 Å². The highest BCUT2D eigenvalue weighted by Crippen LogP contribution is 2.41. The third-order valence-electron chi connectivity index (χ3n) is 5.87. The van der Waals surface area contributed by atoms with Crippen LogP contribution in [0, 0.1) is 0 Å². The fourth-order valence-electron chi connectivity index (χ4n) is 4.41. The van der Waals surface area contributed by atoms with Gasteiger partial charge in [0.15, 0.2) is 5.58 Å². The minimum absolute atomic E-state index is 0.525. The maximum atomic E-state index is 12.5. The quantitative estimate of drug-likeness (QED) is 0.276. The normalized spacial score (nSPS) is 11.8. The summed E-state index contributed by atoms with van der Waals surface area (Å²) in [7, 11) is 0. The molecule has 0 saturated carbocycles. The van der Waals surface area contributed by atoms with E-state index in [4.69, 9.17) is 14.1 Å². The Morgan fingerprint density at radius 2 is 1.73 bits per heavy atom. The van der Waals surface area contributed by atoms with Gasteiger partial charge in [-0.15, -0.1) is 0 Å². The average Bonchev–Trinajstić information content (AvgIpc) is 3.49. The Bertz CT molecular complexity index is 1760. The Balaban J connectivity index is 1.54. The number of hydrogen-bond donors (Lipinski definition) is 1. The Kier molecular flexibility index (Phi) is 5.30. The Morgan fingerprint density at radius 1 is 0.946 bits per heavy atom. The molecule has 0 aliphatic heterocycles. The van der Waals surface area contributed by atoms with E-state index in [0.717, 1.165) is 38.8 Å². The summed E-state index contributed by atoms with van der Waals surface area (Å²) in [4.78, 5) is 19.2. The Hall–Kier alpha value is -4.85. The van der Waals surface area contributed by atoms with Gasteiger partial charge in [-0.05, 0) is 63.2 Å². The molecule has 37 heavy (non-hydrogen) atoms. The molecule has 0 atom stereocenters. The van der Waals surface area contributed by atoms with E-state index in [0.29, 0.717) is 11.6 Å². The van der Waals surface area contributed by atoms with E-state index < -0.39 is 11.7 Å². The number of hydrogen-bond acceptors (Lipinski definition) is 6. The summed E-state index contributed by atoms with van der Waals surface area (Å²) in [6.07, 6.45) is 2.96. The third kappa shape index (κ3) is 4.23. The summed E-state index contributed by atoms with van der Waals surface area (Å²) in [6, 6.07) is 25.3. The number of furan rings is 1. The van der Waals surface area contributed by atoms with Gasteiger partial charge in [-0.25, -0.2) is 9.78 Å². The number of anilines is 4. The van der Waals surface area contributed by atoms with Crippen LogP contribution in [0.5, 0.6) is 0 Å². The molecular weight excluding hydrogens is 466 g/mol. The molecule has 0 spiro atoms. The van der Waals surface area contributed by atoms with Crippen LogP contribution in [0.15, 0.2) is 95.7 Å². The number of aromatic nitrogens is 3. The lowest BCUT2D eigenvalue weighted by atomic mass is 10.1. The first-order chi connectivity index (χ1) is 17.9. The zero-order chi connectivity index (χ0) is 25.6. The van der Waals surface area contributed by atoms with Crippen molar-refractivity contribution in [3.05, 3.63) is 91.3 Å². The number of ether oxygens (including phenoxy) is 1. The van der Waals surface area contributed by atoms with Crippen molar-refractivity contribution in [2.75, 3.05) is 10.2 Å². The standard InChI is InChI=1S/C29H25N5O3/c1-29(2,3)37-28(35)32-19-8-6-9-21(18-19)33(27-30-16-14-20-15-17-31-34(20)27)24-12-7-11-23-22-10-4-5-13-25(22)36-26(23)24/h4-18H,1-3H3,(H,32,35). The number of amides is 1. The van der Waals surface area contributed by atoms with E-state index in [9.17, 15) is 4.79 Å². The molecule has 3 aromatic heterocycles. The van der Waals surface area contributed by atoms with E-state index in [2.05, 4.69) is 10.4 Å². The largest absolute Gasteiger partial charge is 0.454 e. The molecule has 1 N–H and O–H groups in total. The molecule has 6 rings (SSSR count). The van der Waals surface area contributed by atoms with Crippen molar-refractivity contribution in [1.29, 1.82) is 0 Å². The smallest absolute Gasteiger partial charge is 0.412 e. The fraction of sp³-hybridized carbons (Fsp3) is 0.138. The summed E-state index contributed by atoms with van der Waals surface area (Å²) < 4.78 is 13.6. The van der Waals surface area contributed by atoms with Gasteiger partial charge >= 0.3 is 6.09 Å². The van der Waals surface area contributed by atoms with Crippen molar-refractivity contribution in [3.63, 3.8) is 0 Å². The van der Waals surface area contributed by atoms with Gasteiger partial charge in [-0.3, -0.25) is 10.2 Å². The van der Waals surface area contributed by atoms with Gasteiger partial charge in [0.05, 0.1) is 23.1 Å². The van der Waals surface area contributed by atoms with Crippen LogP contribution in [0.25, 0.3) is 27.5 Å². The minimum Gasteiger partial charge on any atom is -0.454 e. The van der Waals surface area contributed by atoms with Gasteiger partial charge in [-0.2, -0.15) is 9.61 Å². The van der Waals surface area contributed by atoms with Gasteiger partial charge in [0, 0.05) is 22.7 Å². The molecular formula is C29H25N5O3. The van der Waals surface area contributed by atoms with Crippen LogP contribution in [-0.4, -0.2) is 26.3 Å². The summed E-state index contributed by atoms with van der Waals surface area (Å²) in [6.45, 7) is 5.49. The van der Waals surface area contributed by atoms with Crippen LogP contribution in [0.2, 0.25) is 0 Å². The van der Waals surface area contributed by atoms with Crippen molar-refractivity contribution in [1.82, 2.24) is 14.6 Å². The van der Waals surface area contributed by atoms with Gasteiger partial charge in [0.25, 0.3) is 0 Å². The van der Waals surface area contributed by atoms with Crippen molar-refractivity contribution in [3.8, 4) is 0 Å². The number of nitrogens with zero attached hydrogens (tertiary/aromatic N) is 4. The van der Waals surface area contributed by atoms with Gasteiger partial charge < -0.3 is 9.15 Å². The molecule has 0 radical (unpaired) electrons. The van der Waals surface area contributed by atoms with Crippen molar-refractivity contribution in [2.45, 2.75) is 26.4 Å². The lowest BCUT2D eigenvalue weighted by Gasteiger charge is -2.25. The van der Waals surface area contributed by atoms with E-state index in [1.165, 1.54) is 0 Å². The van der Waals surface area contributed by atoms with Crippen molar-refractivity contribution < 1.29 is 13.9 Å². The lowest BCUT2D eigenvalue weighted by Crippen LogP contribution is -2.27. The summed E-state index contributed by atoms with van der Waals surface area (Å²) in [5.74, 6) is 0.574. The van der Waals surface area contributed by atoms with E-state index in [1.54, 1.807) is 16.9 Å². The molecule has 0 aliphatic rings. The second-order valence-corrected chi connectivity index (χ2v) is 9.68. The SMILES string of the molecule is CC(C)(C)OC(=O)Nc1cccc(N(c2cccc3c2oc2ccccc23)c2nccc3ccnn23)c1. The molecule has 0 aliphatic carbocycles. The Morgan fingerprint density at radius 3 is 2.59 bits per heavy atom. The minimum atomic E-state index is -0.607. The summed E-state index contributed by atoms with van der Waals surface area (Å²) in [5.41, 5.74) is 3.95. The van der Waals surface area contributed by atoms with Crippen LogP contribution in [-0.2, 0) is 4.74 Å². The molecule has 0 bridgehead atoms. The first-order valence-electron chi connectivity index (χ1n) is 12.0. The Labute approximate surface area is 213 Å². The second-order valence-electron chi connectivity index (χ2n) is 9.68. The number of nitrogens with one attached hydrogen (secondary N) is 1. The number of carbonyl (C=O) groups is 1.